The molecule has 0 unspecified atom stereocenters. The van der Waals surface area contributed by atoms with Crippen LogP contribution in [0.2, 0.25) is 0 Å². The van der Waals surface area contributed by atoms with E-state index in [9.17, 15) is 5.26 Å². The van der Waals surface area contributed by atoms with E-state index in [-0.39, 0.29) is 0 Å². The normalized spacial score (nSPS) is 10.6. The Morgan fingerprint density at radius 1 is 1.29 bits per heavy atom. The van der Waals surface area contributed by atoms with E-state index in [0.717, 1.165) is 29.9 Å². The molecule has 110 valence electrons. The number of nitrogens with zero attached hydrogens (tertiary/aromatic N) is 2. The molecular formula is C17H21N3O. The Morgan fingerprint density at radius 2 is 2.10 bits per heavy atom. The first-order chi connectivity index (χ1) is 10.1. The van der Waals surface area contributed by atoms with Gasteiger partial charge in [-0.05, 0) is 23.8 Å². The highest BCUT2D eigenvalue weighted by atomic mass is 16.3. The van der Waals surface area contributed by atoms with Crippen molar-refractivity contribution in [1.82, 2.24) is 5.32 Å². The third-order valence-corrected chi connectivity index (χ3v) is 3.31. The fourth-order valence-corrected chi connectivity index (χ4v) is 2.18. The monoisotopic (exact) mass is 283 g/mol. The molecule has 0 aliphatic heterocycles. The van der Waals surface area contributed by atoms with Gasteiger partial charge in [-0.2, -0.15) is 5.26 Å². The SMILES string of the molecule is CC(C)NCc1ccc(N(C)Cc2ccoc2)c(C#N)c1. The fraction of sp³-hybridized carbons (Fsp3) is 0.353. The molecule has 2 rings (SSSR count). The molecule has 0 saturated heterocycles. The van der Waals surface area contributed by atoms with E-state index >= 15 is 0 Å². The molecule has 21 heavy (non-hydrogen) atoms. The summed E-state index contributed by atoms with van der Waals surface area (Å²) in [6.07, 6.45) is 3.39. The standard InChI is InChI=1S/C17H21N3O/c1-13(2)19-10-14-4-5-17(16(8-14)9-18)20(3)11-15-6-7-21-12-15/h4-8,12-13,19H,10-11H2,1-3H3. The molecular weight excluding hydrogens is 262 g/mol. The van der Waals surface area contributed by atoms with Crippen LogP contribution in [0.15, 0.2) is 41.2 Å². The van der Waals surface area contributed by atoms with Crippen LogP contribution >= 0.6 is 0 Å². The molecule has 0 spiro atoms. The maximum atomic E-state index is 9.38. The maximum absolute atomic E-state index is 9.38. The number of nitriles is 1. The van der Waals surface area contributed by atoms with Crippen LogP contribution in [0, 0.1) is 11.3 Å². The van der Waals surface area contributed by atoms with Crippen LogP contribution in [-0.2, 0) is 13.1 Å². The van der Waals surface area contributed by atoms with Gasteiger partial charge < -0.3 is 14.6 Å². The Hall–Kier alpha value is -2.25. The quantitative estimate of drug-likeness (QED) is 0.884. The Labute approximate surface area is 126 Å². The van der Waals surface area contributed by atoms with Crippen molar-refractivity contribution in [3.05, 3.63) is 53.5 Å². The summed E-state index contributed by atoms with van der Waals surface area (Å²) in [5.41, 5.74) is 3.85. The van der Waals surface area contributed by atoms with E-state index in [1.807, 2.05) is 25.2 Å². The molecule has 1 N–H and O–H groups in total. The Morgan fingerprint density at radius 3 is 2.71 bits per heavy atom. The number of benzene rings is 1. The summed E-state index contributed by atoms with van der Waals surface area (Å²) < 4.78 is 5.08. The van der Waals surface area contributed by atoms with Crippen molar-refractivity contribution >= 4 is 5.69 Å². The van der Waals surface area contributed by atoms with Gasteiger partial charge >= 0.3 is 0 Å². The van der Waals surface area contributed by atoms with E-state index in [4.69, 9.17) is 4.42 Å². The highest BCUT2D eigenvalue weighted by Crippen LogP contribution is 2.22. The number of hydrogen-bond acceptors (Lipinski definition) is 4. The average Bonchev–Trinajstić information content (AvgIpc) is 2.97. The molecule has 4 heteroatoms. The Bertz CT molecular complexity index is 611. The van der Waals surface area contributed by atoms with Gasteiger partial charge in [0, 0.05) is 31.7 Å². The summed E-state index contributed by atoms with van der Waals surface area (Å²) in [4.78, 5) is 2.06. The second kappa shape index (κ2) is 6.96. The van der Waals surface area contributed by atoms with Crippen molar-refractivity contribution in [2.24, 2.45) is 0 Å². The van der Waals surface area contributed by atoms with Gasteiger partial charge in [0.1, 0.15) is 6.07 Å². The van der Waals surface area contributed by atoms with Crippen molar-refractivity contribution in [3.63, 3.8) is 0 Å². The molecule has 0 atom stereocenters. The van der Waals surface area contributed by atoms with Crippen LogP contribution in [0.5, 0.6) is 0 Å². The fourth-order valence-electron chi connectivity index (χ4n) is 2.18. The topological polar surface area (TPSA) is 52.2 Å². The number of anilines is 1. The van der Waals surface area contributed by atoms with Crippen LogP contribution < -0.4 is 10.2 Å². The Balaban J connectivity index is 2.14. The van der Waals surface area contributed by atoms with Crippen molar-refractivity contribution in [1.29, 1.82) is 5.26 Å². The summed E-state index contributed by atoms with van der Waals surface area (Å²) >= 11 is 0. The second-order valence-electron chi connectivity index (χ2n) is 5.49. The molecule has 0 bridgehead atoms. The van der Waals surface area contributed by atoms with Gasteiger partial charge in [0.25, 0.3) is 0 Å². The highest BCUT2D eigenvalue weighted by Gasteiger charge is 2.09. The number of rotatable bonds is 6. The van der Waals surface area contributed by atoms with Gasteiger partial charge in [0.05, 0.1) is 23.8 Å². The smallest absolute Gasteiger partial charge is 0.101 e. The first-order valence-electron chi connectivity index (χ1n) is 7.08. The highest BCUT2D eigenvalue weighted by molar-refractivity contribution is 5.60. The zero-order valence-electron chi connectivity index (χ0n) is 12.8. The lowest BCUT2D eigenvalue weighted by atomic mass is 10.1. The van der Waals surface area contributed by atoms with Gasteiger partial charge in [-0.1, -0.05) is 19.9 Å². The van der Waals surface area contributed by atoms with E-state index < -0.39 is 0 Å². The van der Waals surface area contributed by atoms with Gasteiger partial charge in [0.15, 0.2) is 0 Å². The number of nitrogens with one attached hydrogen (secondary N) is 1. The number of furan rings is 1. The number of hydrogen-bond donors (Lipinski definition) is 1. The molecule has 2 aromatic rings. The average molecular weight is 283 g/mol. The largest absolute Gasteiger partial charge is 0.472 e. The lowest BCUT2D eigenvalue weighted by molar-refractivity contribution is 0.563. The molecule has 1 aromatic carbocycles. The van der Waals surface area contributed by atoms with E-state index in [2.05, 4.69) is 36.2 Å². The molecule has 0 radical (unpaired) electrons. The summed E-state index contributed by atoms with van der Waals surface area (Å²) in [5.74, 6) is 0. The summed E-state index contributed by atoms with van der Waals surface area (Å²) in [6.45, 7) is 5.71. The van der Waals surface area contributed by atoms with Crippen LogP contribution in [0.4, 0.5) is 5.69 Å². The van der Waals surface area contributed by atoms with E-state index in [1.54, 1.807) is 12.5 Å². The molecule has 0 aliphatic rings. The minimum Gasteiger partial charge on any atom is -0.472 e. The van der Waals surface area contributed by atoms with Crippen molar-refractivity contribution in [2.45, 2.75) is 33.0 Å². The van der Waals surface area contributed by atoms with Gasteiger partial charge in [-0.15, -0.1) is 0 Å². The third kappa shape index (κ3) is 4.11. The minimum absolute atomic E-state index is 0.430. The minimum atomic E-state index is 0.430. The molecule has 4 nitrogen and oxygen atoms in total. The summed E-state index contributed by atoms with van der Waals surface area (Å²) in [7, 11) is 1.98. The van der Waals surface area contributed by atoms with Crippen LogP contribution in [0.3, 0.4) is 0 Å². The zero-order chi connectivity index (χ0) is 15.2. The predicted molar refractivity (Wildman–Crippen MR) is 83.9 cm³/mol. The van der Waals surface area contributed by atoms with Crippen molar-refractivity contribution < 1.29 is 4.42 Å². The van der Waals surface area contributed by atoms with Gasteiger partial charge in [-0.3, -0.25) is 0 Å². The van der Waals surface area contributed by atoms with Crippen LogP contribution in [-0.4, -0.2) is 13.1 Å². The summed E-state index contributed by atoms with van der Waals surface area (Å²) in [6, 6.07) is 10.7. The summed E-state index contributed by atoms with van der Waals surface area (Å²) in [5, 5.41) is 12.7. The lowest BCUT2D eigenvalue weighted by Crippen LogP contribution is -2.22. The lowest BCUT2D eigenvalue weighted by Gasteiger charge is -2.20. The van der Waals surface area contributed by atoms with Gasteiger partial charge in [-0.25, -0.2) is 0 Å². The molecule has 0 fully saturated rings. The second-order valence-corrected chi connectivity index (χ2v) is 5.49. The van der Waals surface area contributed by atoms with Crippen molar-refractivity contribution in [3.8, 4) is 6.07 Å². The van der Waals surface area contributed by atoms with Crippen LogP contribution in [0.1, 0.15) is 30.5 Å². The Kier molecular flexibility index (Phi) is 5.02. The molecule has 1 heterocycles. The first kappa shape index (κ1) is 15.1. The zero-order valence-corrected chi connectivity index (χ0v) is 12.8. The third-order valence-electron chi connectivity index (χ3n) is 3.31. The molecule has 0 amide bonds. The first-order valence-corrected chi connectivity index (χ1v) is 7.08. The predicted octanol–water partition coefficient (Wildman–Crippen LogP) is 3.29. The van der Waals surface area contributed by atoms with E-state index in [0.29, 0.717) is 11.6 Å². The molecule has 0 aliphatic carbocycles. The van der Waals surface area contributed by atoms with Crippen molar-refractivity contribution in [2.75, 3.05) is 11.9 Å². The maximum Gasteiger partial charge on any atom is 0.101 e. The van der Waals surface area contributed by atoms with Gasteiger partial charge in [0.2, 0.25) is 0 Å². The van der Waals surface area contributed by atoms with E-state index in [1.165, 1.54) is 0 Å². The van der Waals surface area contributed by atoms with Crippen LogP contribution in [0.25, 0.3) is 0 Å². The molecule has 0 saturated carbocycles. The molecule has 1 aromatic heterocycles.